The molecule has 21 heavy (non-hydrogen) atoms. The van der Waals surface area contributed by atoms with Crippen molar-refractivity contribution in [2.75, 3.05) is 19.5 Å². The molecule has 3 atom stereocenters. The highest BCUT2D eigenvalue weighted by atomic mass is 16.5. The molecule has 4 heteroatoms. The third-order valence-corrected chi connectivity index (χ3v) is 4.64. The van der Waals surface area contributed by atoms with Gasteiger partial charge in [-0.1, -0.05) is 13.8 Å². The van der Waals surface area contributed by atoms with Crippen LogP contribution in [-0.4, -0.2) is 25.7 Å². The molecule has 1 aliphatic rings. The Bertz CT molecular complexity index is 485. The molecule has 3 unspecified atom stereocenters. The van der Waals surface area contributed by atoms with E-state index in [0.29, 0.717) is 5.92 Å². The fourth-order valence-corrected chi connectivity index (χ4v) is 3.30. The van der Waals surface area contributed by atoms with Gasteiger partial charge in [-0.3, -0.25) is 0 Å². The maximum absolute atomic E-state index is 12.4. The number of hydrogen-bond donors (Lipinski definition) is 1. The molecule has 2 rings (SSSR count). The number of rotatable bonds is 4. The Labute approximate surface area is 126 Å². The number of benzene rings is 1. The highest BCUT2D eigenvalue weighted by Gasteiger charge is 2.47. The lowest BCUT2D eigenvalue weighted by atomic mass is 9.69. The Hall–Kier alpha value is -1.71. The molecule has 0 radical (unpaired) electrons. The number of hydrogen-bond acceptors (Lipinski definition) is 4. The molecule has 0 aliphatic heterocycles. The molecule has 0 spiro atoms. The van der Waals surface area contributed by atoms with E-state index in [0.717, 1.165) is 30.7 Å². The largest absolute Gasteiger partial charge is 0.497 e. The van der Waals surface area contributed by atoms with Gasteiger partial charge in [0.1, 0.15) is 11.3 Å². The van der Waals surface area contributed by atoms with E-state index in [1.54, 1.807) is 7.11 Å². The summed E-state index contributed by atoms with van der Waals surface area (Å²) in [4.78, 5) is 12.4. The maximum Gasteiger partial charge on any atom is 0.331 e. The minimum atomic E-state index is -0.629. The van der Waals surface area contributed by atoms with Crippen molar-refractivity contribution in [1.29, 1.82) is 0 Å². The molecule has 1 fully saturated rings. The van der Waals surface area contributed by atoms with E-state index in [2.05, 4.69) is 19.2 Å². The summed E-state index contributed by atoms with van der Waals surface area (Å²) in [5, 5.41) is 3.44. The van der Waals surface area contributed by atoms with Gasteiger partial charge in [-0.05, 0) is 55.4 Å². The van der Waals surface area contributed by atoms with Crippen molar-refractivity contribution in [3.8, 4) is 5.75 Å². The second kappa shape index (κ2) is 6.37. The van der Waals surface area contributed by atoms with Crippen LogP contribution in [-0.2, 0) is 9.53 Å². The maximum atomic E-state index is 12.4. The zero-order valence-electron chi connectivity index (χ0n) is 13.3. The fourth-order valence-electron chi connectivity index (χ4n) is 3.30. The van der Waals surface area contributed by atoms with Crippen LogP contribution >= 0.6 is 0 Å². The molecule has 0 aromatic heterocycles. The summed E-state index contributed by atoms with van der Waals surface area (Å²) in [6, 6.07) is 7.66. The van der Waals surface area contributed by atoms with E-state index in [-0.39, 0.29) is 11.9 Å². The van der Waals surface area contributed by atoms with Gasteiger partial charge in [0.2, 0.25) is 0 Å². The fraction of sp³-hybridized carbons (Fsp3) is 0.588. The molecule has 1 saturated carbocycles. The monoisotopic (exact) mass is 291 g/mol. The number of carbonyl (C=O) groups excluding carboxylic acids is 1. The first-order chi connectivity index (χ1) is 10.0. The van der Waals surface area contributed by atoms with Crippen LogP contribution < -0.4 is 10.1 Å². The van der Waals surface area contributed by atoms with Crippen molar-refractivity contribution in [3.05, 3.63) is 24.3 Å². The van der Waals surface area contributed by atoms with E-state index in [9.17, 15) is 4.79 Å². The zero-order valence-corrected chi connectivity index (χ0v) is 13.3. The van der Waals surface area contributed by atoms with Gasteiger partial charge in [-0.25, -0.2) is 4.79 Å². The molecule has 4 nitrogen and oxygen atoms in total. The van der Waals surface area contributed by atoms with Crippen LogP contribution in [0.5, 0.6) is 5.75 Å². The van der Waals surface area contributed by atoms with Crippen LogP contribution in [0.3, 0.4) is 0 Å². The van der Waals surface area contributed by atoms with E-state index in [4.69, 9.17) is 9.47 Å². The predicted molar refractivity (Wildman–Crippen MR) is 83.5 cm³/mol. The Morgan fingerprint density at radius 1 is 1.24 bits per heavy atom. The summed E-state index contributed by atoms with van der Waals surface area (Å²) >= 11 is 0. The Morgan fingerprint density at radius 3 is 2.43 bits per heavy atom. The van der Waals surface area contributed by atoms with Gasteiger partial charge in [-0.15, -0.1) is 0 Å². The van der Waals surface area contributed by atoms with Gasteiger partial charge >= 0.3 is 5.97 Å². The summed E-state index contributed by atoms with van der Waals surface area (Å²) in [5.74, 6) is 1.52. The first-order valence-corrected chi connectivity index (χ1v) is 7.52. The Kier molecular flexibility index (Phi) is 4.76. The first kappa shape index (κ1) is 15.7. The molecular formula is C17H25NO3. The predicted octanol–water partition coefficient (Wildman–Crippen LogP) is 3.48. The van der Waals surface area contributed by atoms with Crippen molar-refractivity contribution >= 4 is 11.7 Å². The van der Waals surface area contributed by atoms with E-state index in [1.165, 1.54) is 7.11 Å². The molecule has 1 aromatic rings. The molecule has 1 N–H and O–H groups in total. The van der Waals surface area contributed by atoms with Crippen molar-refractivity contribution in [3.63, 3.8) is 0 Å². The van der Waals surface area contributed by atoms with Gasteiger partial charge < -0.3 is 14.8 Å². The minimum Gasteiger partial charge on any atom is -0.497 e. The average Bonchev–Trinajstić information content (AvgIpc) is 2.50. The summed E-state index contributed by atoms with van der Waals surface area (Å²) < 4.78 is 10.3. The molecule has 0 amide bonds. The second-order valence-electron chi connectivity index (χ2n) is 6.10. The normalized spacial score (nSPS) is 28.8. The number of nitrogens with one attached hydrogen (secondary N) is 1. The number of ether oxygens (including phenoxy) is 2. The molecule has 116 valence electrons. The van der Waals surface area contributed by atoms with Crippen molar-refractivity contribution in [2.45, 2.75) is 38.6 Å². The summed E-state index contributed by atoms with van der Waals surface area (Å²) in [5.41, 5.74) is 0.290. The third-order valence-electron chi connectivity index (χ3n) is 4.64. The lowest BCUT2D eigenvalue weighted by molar-refractivity contribution is -0.149. The quantitative estimate of drug-likeness (QED) is 0.863. The average molecular weight is 291 g/mol. The van der Waals surface area contributed by atoms with Crippen LogP contribution in [0.15, 0.2) is 24.3 Å². The number of anilines is 1. The number of carbonyl (C=O) groups is 1. The number of esters is 1. The SMILES string of the molecule is COC(=O)C1(Nc2ccc(OC)cc2)CCC(C)CC1C. The van der Waals surface area contributed by atoms with Crippen LogP contribution in [0, 0.1) is 11.8 Å². The van der Waals surface area contributed by atoms with Crippen LogP contribution in [0.1, 0.15) is 33.1 Å². The highest BCUT2D eigenvalue weighted by molar-refractivity contribution is 5.85. The Morgan fingerprint density at radius 2 is 1.90 bits per heavy atom. The lowest BCUT2D eigenvalue weighted by Crippen LogP contribution is -2.55. The Balaban J connectivity index is 2.25. The molecule has 0 bridgehead atoms. The smallest absolute Gasteiger partial charge is 0.331 e. The highest BCUT2D eigenvalue weighted by Crippen LogP contribution is 2.40. The summed E-state index contributed by atoms with van der Waals surface area (Å²) in [6.07, 6.45) is 2.86. The molecule has 1 aliphatic carbocycles. The first-order valence-electron chi connectivity index (χ1n) is 7.52. The summed E-state index contributed by atoms with van der Waals surface area (Å²) in [7, 11) is 3.10. The van der Waals surface area contributed by atoms with Crippen molar-refractivity contribution < 1.29 is 14.3 Å². The molecule has 0 saturated heterocycles. The standard InChI is InChI=1S/C17H25NO3/c1-12-9-10-17(13(2)11-12,16(19)21-4)18-14-5-7-15(20-3)8-6-14/h5-8,12-13,18H,9-11H2,1-4H3. The van der Waals surface area contributed by atoms with Gasteiger partial charge in [0.05, 0.1) is 14.2 Å². The van der Waals surface area contributed by atoms with Gasteiger partial charge in [0.25, 0.3) is 0 Å². The van der Waals surface area contributed by atoms with Gasteiger partial charge in [0.15, 0.2) is 0 Å². The lowest BCUT2D eigenvalue weighted by Gasteiger charge is -2.43. The van der Waals surface area contributed by atoms with Crippen molar-refractivity contribution in [1.82, 2.24) is 0 Å². The second-order valence-corrected chi connectivity index (χ2v) is 6.10. The third kappa shape index (κ3) is 3.14. The minimum absolute atomic E-state index is 0.169. The molecule has 1 aromatic carbocycles. The molecular weight excluding hydrogens is 266 g/mol. The van der Waals surface area contributed by atoms with Crippen LogP contribution in [0.2, 0.25) is 0 Å². The van der Waals surface area contributed by atoms with Crippen molar-refractivity contribution in [2.24, 2.45) is 11.8 Å². The van der Waals surface area contributed by atoms with E-state index in [1.807, 2.05) is 24.3 Å². The topological polar surface area (TPSA) is 47.6 Å². The van der Waals surface area contributed by atoms with E-state index < -0.39 is 5.54 Å². The van der Waals surface area contributed by atoms with E-state index >= 15 is 0 Å². The van der Waals surface area contributed by atoms with Crippen LogP contribution in [0.4, 0.5) is 5.69 Å². The van der Waals surface area contributed by atoms with Gasteiger partial charge in [0, 0.05) is 5.69 Å². The van der Waals surface area contributed by atoms with Gasteiger partial charge in [-0.2, -0.15) is 0 Å². The van der Waals surface area contributed by atoms with Crippen LogP contribution in [0.25, 0.3) is 0 Å². The zero-order chi connectivity index (χ0) is 15.5. The number of methoxy groups -OCH3 is 2. The molecule has 0 heterocycles. The summed E-state index contributed by atoms with van der Waals surface area (Å²) in [6.45, 7) is 4.37.